The standard InChI is InChI=1S/C22H21F3N4O2S/c23-22(24,25)19-13-17(18-7-4-12-31-18)26-21(27-19)32-15-20(30)29-10-8-28(9-11-29)14-16-5-2-1-3-6-16/h1-7,12-13H,8-11,14-15H2. The van der Waals surface area contributed by atoms with E-state index in [9.17, 15) is 18.0 Å². The van der Waals surface area contributed by atoms with E-state index in [1.807, 2.05) is 18.2 Å². The Hall–Kier alpha value is -2.85. The molecule has 6 nitrogen and oxygen atoms in total. The molecule has 3 heterocycles. The summed E-state index contributed by atoms with van der Waals surface area (Å²) < 4.78 is 45.0. The van der Waals surface area contributed by atoms with Crippen LogP contribution in [0.5, 0.6) is 0 Å². The van der Waals surface area contributed by atoms with Crippen molar-refractivity contribution in [2.75, 3.05) is 31.9 Å². The number of rotatable bonds is 6. The van der Waals surface area contributed by atoms with Gasteiger partial charge in [-0.2, -0.15) is 13.2 Å². The molecular formula is C22H21F3N4O2S. The fraction of sp³-hybridized carbons (Fsp3) is 0.318. The van der Waals surface area contributed by atoms with Gasteiger partial charge >= 0.3 is 6.18 Å². The van der Waals surface area contributed by atoms with Crippen molar-refractivity contribution in [1.82, 2.24) is 19.8 Å². The minimum Gasteiger partial charge on any atom is -0.463 e. The summed E-state index contributed by atoms with van der Waals surface area (Å²) in [6, 6.07) is 14.1. The Bertz CT molecular complexity index is 1040. The van der Waals surface area contributed by atoms with Crippen LogP contribution in [0, 0.1) is 0 Å². The normalized spacial score (nSPS) is 15.2. The number of benzene rings is 1. The number of aromatic nitrogens is 2. The van der Waals surface area contributed by atoms with Crippen LogP contribution >= 0.6 is 11.8 Å². The molecule has 1 aromatic carbocycles. The second-order valence-corrected chi connectivity index (χ2v) is 8.27. The maximum Gasteiger partial charge on any atom is 0.433 e. The minimum atomic E-state index is -4.63. The molecule has 1 fully saturated rings. The second kappa shape index (κ2) is 9.74. The van der Waals surface area contributed by atoms with Crippen LogP contribution in [0.4, 0.5) is 13.2 Å². The maximum absolute atomic E-state index is 13.3. The van der Waals surface area contributed by atoms with Crippen molar-refractivity contribution in [3.63, 3.8) is 0 Å². The molecule has 168 valence electrons. The third-order valence-corrected chi connectivity index (χ3v) is 5.90. The lowest BCUT2D eigenvalue weighted by Gasteiger charge is -2.34. The van der Waals surface area contributed by atoms with Gasteiger partial charge in [0.2, 0.25) is 5.91 Å². The van der Waals surface area contributed by atoms with E-state index in [2.05, 4.69) is 27.0 Å². The SMILES string of the molecule is O=C(CSc1nc(-c2ccco2)cc(C(F)(F)F)n1)N1CCN(Cc2ccccc2)CC1. The van der Waals surface area contributed by atoms with Crippen molar-refractivity contribution in [2.45, 2.75) is 17.9 Å². The molecule has 0 N–H and O–H groups in total. The zero-order chi connectivity index (χ0) is 22.6. The summed E-state index contributed by atoms with van der Waals surface area (Å²) in [5, 5.41) is -0.109. The van der Waals surface area contributed by atoms with Gasteiger partial charge in [-0.15, -0.1) is 0 Å². The van der Waals surface area contributed by atoms with E-state index in [4.69, 9.17) is 4.42 Å². The number of hydrogen-bond acceptors (Lipinski definition) is 6. The van der Waals surface area contributed by atoms with E-state index >= 15 is 0 Å². The summed E-state index contributed by atoms with van der Waals surface area (Å²) >= 11 is 0.899. The smallest absolute Gasteiger partial charge is 0.433 e. The van der Waals surface area contributed by atoms with Crippen molar-refractivity contribution in [2.24, 2.45) is 0 Å². The predicted octanol–water partition coefficient (Wildman–Crippen LogP) is 4.19. The van der Waals surface area contributed by atoms with E-state index in [0.29, 0.717) is 13.1 Å². The first-order chi connectivity index (χ1) is 15.4. The number of halogens is 3. The average molecular weight is 462 g/mol. The number of amides is 1. The highest BCUT2D eigenvalue weighted by atomic mass is 32.2. The largest absolute Gasteiger partial charge is 0.463 e. The summed E-state index contributed by atoms with van der Waals surface area (Å²) in [4.78, 5) is 24.4. The van der Waals surface area contributed by atoms with E-state index in [1.165, 1.54) is 17.9 Å². The monoisotopic (exact) mass is 462 g/mol. The van der Waals surface area contributed by atoms with Crippen LogP contribution in [0.2, 0.25) is 0 Å². The van der Waals surface area contributed by atoms with E-state index in [1.54, 1.807) is 11.0 Å². The Morgan fingerprint density at radius 3 is 2.44 bits per heavy atom. The molecule has 32 heavy (non-hydrogen) atoms. The molecule has 1 amide bonds. The summed E-state index contributed by atoms with van der Waals surface area (Å²) in [5.41, 5.74) is 0.182. The van der Waals surface area contributed by atoms with Crippen LogP contribution in [0.1, 0.15) is 11.3 Å². The van der Waals surface area contributed by atoms with Crippen LogP contribution in [-0.2, 0) is 17.5 Å². The van der Waals surface area contributed by atoms with E-state index in [-0.39, 0.29) is 28.3 Å². The molecule has 0 aliphatic carbocycles. The zero-order valence-electron chi connectivity index (χ0n) is 17.1. The number of piperazine rings is 1. The fourth-order valence-corrected chi connectivity index (χ4v) is 4.16. The van der Waals surface area contributed by atoms with E-state index < -0.39 is 11.9 Å². The zero-order valence-corrected chi connectivity index (χ0v) is 17.9. The number of thioether (sulfide) groups is 1. The molecule has 0 bridgehead atoms. The summed E-state index contributed by atoms with van der Waals surface area (Å²) in [6.07, 6.45) is -3.27. The number of carbonyl (C=O) groups excluding carboxylic acids is 1. The Morgan fingerprint density at radius 1 is 1.03 bits per heavy atom. The fourth-order valence-electron chi connectivity index (χ4n) is 3.40. The Kier molecular flexibility index (Phi) is 6.80. The highest BCUT2D eigenvalue weighted by molar-refractivity contribution is 7.99. The van der Waals surface area contributed by atoms with Gasteiger partial charge in [-0.1, -0.05) is 42.1 Å². The molecule has 1 saturated heterocycles. The van der Waals surface area contributed by atoms with Crippen LogP contribution < -0.4 is 0 Å². The van der Waals surface area contributed by atoms with Crippen molar-refractivity contribution >= 4 is 17.7 Å². The summed E-state index contributed by atoms with van der Waals surface area (Å²) in [7, 11) is 0. The summed E-state index contributed by atoms with van der Waals surface area (Å²) in [6.45, 7) is 3.47. The molecule has 4 rings (SSSR count). The van der Waals surface area contributed by atoms with Crippen LogP contribution in [0.15, 0.2) is 64.4 Å². The quantitative estimate of drug-likeness (QED) is 0.404. The molecule has 1 aliphatic heterocycles. The lowest BCUT2D eigenvalue weighted by Crippen LogP contribution is -2.48. The van der Waals surface area contributed by atoms with Crippen LogP contribution in [0.25, 0.3) is 11.5 Å². The molecule has 0 unspecified atom stereocenters. The third kappa shape index (κ3) is 5.68. The predicted molar refractivity (Wildman–Crippen MR) is 114 cm³/mol. The van der Waals surface area contributed by atoms with Gasteiger partial charge in [-0.3, -0.25) is 9.69 Å². The maximum atomic E-state index is 13.3. The van der Waals surface area contributed by atoms with Crippen LogP contribution in [0.3, 0.4) is 0 Å². The Balaban J connectivity index is 1.35. The second-order valence-electron chi connectivity index (χ2n) is 7.33. The molecule has 0 radical (unpaired) electrons. The van der Waals surface area contributed by atoms with Gasteiger partial charge in [-0.25, -0.2) is 9.97 Å². The van der Waals surface area contributed by atoms with Crippen LogP contribution in [-0.4, -0.2) is 57.6 Å². The minimum absolute atomic E-state index is 0.0294. The first kappa shape index (κ1) is 22.3. The summed E-state index contributed by atoms with van der Waals surface area (Å²) in [5.74, 6) is 0.0351. The average Bonchev–Trinajstić information content (AvgIpc) is 3.33. The third-order valence-electron chi connectivity index (χ3n) is 5.07. The highest BCUT2D eigenvalue weighted by Crippen LogP contribution is 2.32. The molecule has 2 aromatic heterocycles. The van der Waals surface area contributed by atoms with E-state index in [0.717, 1.165) is 37.5 Å². The topological polar surface area (TPSA) is 62.5 Å². The molecular weight excluding hydrogens is 441 g/mol. The number of alkyl halides is 3. The van der Waals surface area contributed by atoms with Gasteiger partial charge in [0.25, 0.3) is 0 Å². The van der Waals surface area contributed by atoms with Crippen molar-refractivity contribution in [3.8, 4) is 11.5 Å². The first-order valence-electron chi connectivity index (χ1n) is 10.1. The number of furan rings is 1. The van der Waals surface area contributed by atoms with Gasteiger partial charge in [0.15, 0.2) is 10.9 Å². The van der Waals surface area contributed by atoms with Gasteiger partial charge < -0.3 is 9.32 Å². The number of nitrogens with zero attached hydrogens (tertiary/aromatic N) is 4. The van der Waals surface area contributed by atoms with Gasteiger partial charge in [0.05, 0.1) is 12.0 Å². The Morgan fingerprint density at radius 2 is 1.78 bits per heavy atom. The van der Waals surface area contributed by atoms with Crippen molar-refractivity contribution in [1.29, 1.82) is 0 Å². The number of carbonyl (C=O) groups is 1. The molecule has 0 spiro atoms. The van der Waals surface area contributed by atoms with Gasteiger partial charge in [0, 0.05) is 32.7 Å². The molecule has 3 aromatic rings. The highest BCUT2D eigenvalue weighted by Gasteiger charge is 2.34. The Labute approximate surface area is 187 Å². The van der Waals surface area contributed by atoms with Gasteiger partial charge in [0.1, 0.15) is 11.4 Å². The first-order valence-corrected chi connectivity index (χ1v) is 11.0. The molecule has 10 heteroatoms. The lowest BCUT2D eigenvalue weighted by atomic mass is 10.2. The lowest BCUT2D eigenvalue weighted by molar-refractivity contribution is -0.141. The molecule has 0 atom stereocenters. The van der Waals surface area contributed by atoms with Crippen molar-refractivity contribution < 1.29 is 22.4 Å². The van der Waals surface area contributed by atoms with Gasteiger partial charge in [-0.05, 0) is 23.8 Å². The molecule has 1 aliphatic rings. The number of hydrogen-bond donors (Lipinski definition) is 0. The molecule has 0 saturated carbocycles. The van der Waals surface area contributed by atoms with Crippen molar-refractivity contribution in [3.05, 3.63) is 66.1 Å².